The summed E-state index contributed by atoms with van der Waals surface area (Å²) in [5.74, 6) is 0.898. The van der Waals surface area contributed by atoms with Gasteiger partial charge in [0.1, 0.15) is 6.33 Å². The molecular formula is C21H22N4OS. The molecule has 1 amide bonds. The van der Waals surface area contributed by atoms with E-state index < -0.39 is 0 Å². The molecule has 0 unspecified atom stereocenters. The Hall–Kier alpha value is -2.60. The molecule has 5 nitrogen and oxygen atoms in total. The number of para-hydroxylation sites is 1. The SMILES string of the molecule is Cc1ccc([C@H](NC(=O)CSc2nncn2-c2ccccc2)C2CC2)cc1. The number of aryl methyl sites for hydroxylation is 1. The predicted molar refractivity (Wildman–Crippen MR) is 107 cm³/mol. The van der Waals surface area contributed by atoms with Crippen LogP contribution in [0.1, 0.15) is 30.0 Å². The van der Waals surface area contributed by atoms with Crippen LogP contribution < -0.4 is 5.32 Å². The monoisotopic (exact) mass is 378 g/mol. The minimum Gasteiger partial charge on any atom is -0.348 e. The molecule has 0 saturated heterocycles. The molecule has 138 valence electrons. The maximum atomic E-state index is 12.6. The fourth-order valence-electron chi connectivity index (χ4n) is 3.11. The fourth-order valence-corrected chi connectivity index (χ4v) is 3.85. The van der Waals surface area contributed by atoms with Gasteiger partial charge in [0, 0.05) is 5.69 Å². The van der Waals surface area contributed by atoms with Crippen molar-refractivity contribution < 1.29 is 4.79 Å². The summed E-state index contributed by atoms with van der Waals surface area (Å²) < 4.78 is 1.90. The van der Waals surface area contributed by atoms with Crippen LogP contribution in [0.15, 0.2) is 66.1 Å². The lowest BCUT2D eigenvalue weighted by atomic mass is 10.0. The summed E-state index contributed by atoms with van der Waals surface area (Å²) in [6.07, 6.45) is 4.03. The van der Waals surface area contributed by atoms with Gasteiger partial charge in [0.25, 0.3) is 0 Å². The Labute approximate surface area is 163 Å². The average molecular weight is 379 g/mol. The summed E-state index contributed by atoms with van der Waals surface area (Å²) in [4.78, 5) is 12.6. The Balaban J connectivity index is 1.40. The lowest BCUT2D eigenvalue weighted by Crippen LogP contribution is -2.31. The lowest BCUT2D eigenvalue weighted by Gasteiger charge is -2.19. The Morgan fingerprint density at radius 3 is 2.63 bits per heavy atom. The number of amides is 1. The van der Waals surface area contributed by atoms with Crippen LogP contribution in [0.4, 0.5) is 0 Å². The van der Waals surface area contributed by atoms with Crippen molar-refractivity contribution in [1.29, 1.82) is 0 Å². The van der Waals surface area contributed by atoms with Gasteiger partial charge in [-0.15, -0.1) is 10.2 Å². The number of carbonyl (C=O) groups is 1. The molecule has 2 aromatic carbocycles. The molecule has 27 heavy (non-hydrogen) atoms. The van der Waals surface area contributed by atoms with Crippen molar-refractivity contribution in [3.8, 4) is 5.69 Å². The van der Waals surface area contributed by atoms with Crippen LogP contribution in [0.2, 0.25) is 0 Å². The molecule has 1 saturated carbocycles. The van der Waals surface area contributed by atoms with Gasteiger partial charge in [-0.25, -0.2) is 0 Å². The van der Waals surface area contributed by atoms with Crippen molar-refractivity contribution in [2.75, 3.05) is 5.75 Å². The molecule has 0 aliphatic heterocycles. The first-order valence-corrected chi connectivity index (χ1v) is 10.1. The van der Waals surface area contributed by atoms with Crippen LogP contribution in [0.5, 0.6) is 0 Å². The number of hydrogen-bond donors (Lipinski definition) is 1. The molecule has 4 rings (SSSR count). The number of rotatable bonds is 7. The van der Waals surface area contributed by atoms with Crippen molar-refractivity contribution >= 4 is 17.7 Å². The normalized spacial score (nSPS) is 14.7. The zero-order chi connectivity index (χ0) is 18.6. The average Bonchev–Trinajstić information content (AvgIpc) is 3.43. The zero-order valence-corrected chi connectivity index (χ0v) is 16.0. The number of carbonyl (C=O) groups excluding carboxylic acids is 1. The van der Waals surface area contributed by atoms with Crippen LogP contribution in [-0.2, 0) is 4.79 Å². The summed E-state index contributed by atoms with van der Waals surface area (Å²) in [5, 5.41) is 12.1. The molecule has 1 aliphatic rings. The minimum atomic E-state index is 0.0279. The van der Waals surface area contributed by atoms with Gasteiger partial charge in [0.15, 0.2) is 5.16 Å². The van der Waals surface area contributed by atoms with Crippen LogP contribution in [0, 0.1) is 12.8 Å². The van der Waals surface area contributed by atoms with Crippen molar-refractivity contribution in [2.24, 2.45) is 5.92 Å². The van der Waals surface area contributed by atoms with Gasteiger partial charge in [-0.3, -0.25) is 9.36 Å². The molecule has 0 radical (unpaired) electrons. The quantitative estimate of drug-likeness (QED) is 0.633. The highest BCUT2D eigenvalue weighted by Gasteiger charge is 2.33. The fraction of sp³-hybridized carbons (Fsp3) is 0.286. The summed E-state index contributed by atoms with van der Waals surface area (Å²) >= 11 is 1.41. The highest BCUT2D eigenvalue weighted by Crippen LogP contribution is 2.41. The van der Waals surface area contributed by atoms with E-state index in [9.17, 15) is 4.79 Å². The standard InChI is InChI=1S/C21H22N4OS/c1-15-7-9-16(10-8-15)20(17-11-12-17)23-19(26)13-27-21-24-22-14-25(21)18-5-3-2-4-6-18/h2-10,14,17,20H,11-13H2,1H3,(H,23,26)/t20-/m0/s1. The van der Waals surface area contributed by atoms with Gasteiger partial charge >= 0.3 is 0 Å². The third kappa shape index (κ3) is 4.39. The maximum absolute atomic E-state index is 12.6. The first-order chi connectivity index (χ1) is 13.2. The second-order valence-corrected chi connectivity index (χ2v) is 7.84. The second-order valence-electron chi connectivity index (χ2n) is 6.90. The number of nitrogens with one attached hydrogen (secondary N) is 1. The molecule has 1 fully saturated rings. The molecule has 1 aromatic heterocycles. The molecule has 1 N–H and O–H groups in total. The number of nitrogens with zero attached hydrogens (tertiary/aromatic N) is 3. The molecule has 3 aromatic rings. The smallest absolute Gasteiger partial charge is 0.230 e. The van der Waals surface area contributed by atoms with E-state index in [1.165, 1.54) is 35.7 Å². The van der Waals surface area contributed by atoms with E-state index in [1.807, 2.05) is 34.9 Å². The summed E-state index contributed by atoms with van der Waals surface area (Å²) in [5.41, 5.74) is 3.41. The van der Waals surface area contributed by atoms with E-state index in [4.69, 9.17) is 0 Å². The first-order valence-electron chi connectivity index (χ1n) is 9.15. The molecule has 1 atom stereocenters. The van der Waals surface area contributed by atoms with E-state index in [-0.39, 0.29) is 11.9 Å². The summed E-state index contributed by atoms with van der Waals surface area (Å²) in [6.45, 7) is 2.08. The van der Waals surface area contributed by atoms with Crippen molar-refractivity contribution in [2.45, 2.75) is 31.0 Å². The molecule has 1 heterocycles. The van der Waals surface area contributed by atoms with Gasteiger partial charge in [0.2, 0.25) is 5.91 Å². The topological polar surface area (TPSA) is 59.8 Å². The number of hydrogen-bond acceptors (Lipinski definition) is 4. The first kappa shape index (κ1) is 17.8. The van der Waals surface area contributed by atoms with Gasteiger partial charge in [-0.05, 0) is 43.4 Å². The summed E-state index contributed by atoms with van der Waals surface area (Å²) in [7, 11) is 0. The van der Waals surface area contributed by atoms with Crippen LogP contribution in [0.25, 0.3) is 5.69 Å². The van der Waals surface area contributed by atoms with E-state index in [2.05, 4.69) is 46.7 Å². The summed E-state index contributed by atoms with van der Waals surface area (Å²) in [6, 6.07) is 18.5. The van der Waals surface area contributed by atoms with Crippen molar-refractivity contribution in [1.82, 2.24) is 20.1 Å². The van der Waals surface area contributed by atoms with Crippen molar-refractivity contribution in [3.05, 3.63) is 72.1 Å². The van der Waals surface area contributed by atoms with E-state index in [0.29, 0.717) is 11.7 Å². The Kier molecular flexibility index (Phi) is 5.25. The predicted octanol–water partition coefficient (Wildman–Crippen LogP) is 3.94. The van der Waals surface area contributed by atoms with E-state index >= 15 is 0 Å². The Morgan fingerprint density at radius 2 is 1.93 bits per heavy atom. The van der Waals surface area contributed by atoms with Gasteiger partial charge in [-0.1, -0.05) is 59.8 Å². The number of thioether (sulfide) groups is 1. The molecular weight excluding hydrogens is 356 g/mol. The van der Waals surface area contributed by atoms with Crippen LogP contribution >= 0.6 is 11.8 Å². The van der Waals surface area contributed by atoms with Crippen LogP contribution in [-0.4, -0.2) is 26.4 Å². The molecule has 0 bridgehead atoms. The highest BCUT2D eigenvalue weighted by atomic mass is 32.2. The maximum Gasteiger partial charge on any atom is 0.230 e. The van der Waals surface area contributed by atoms with Crippen LogP contribution in [0.3, 0.4) is 0 Å². The number of aromatic nitrogens is 3. The second kappa shape index (κ2) is 7.96. The Bertz CT molecular complexity index is 903. The third-order valence-corrected chi connectivity index (χ3v) is 5.67. The van der Waals surface area contributed by atoms with E-state index in [0.717, 1.165) is 10.8 Å². The highest BCUT2D eigenvalue weighted by molar-refractivity contribution is 7.99. The van der Waals surface area contributed by atoms with Gasteiger partial charge in [-0.2, -0.15) is 0 Å². The molecule has 1 aliphatic carbocycles. The minimum absolute atomic E-state index is 0.0279. The third-order valence-electron chi connectivity index (χ3n) is 4.73. The molecule has 6 heteroatoms. The van der Waals surface area contributed by atoms with Gasteiger partial charge < -0.3 is 5.32 Å². The number of benzene rings is 2. The largest absolute Gasteiger partial charge is 0.348 e. The lowest BCUT2D eigenvalue weighted by molar-refractivity contribution is -0.119. The molecule has 0 spiro atoms. The van der Waals surface area contributed by atoms with Gasteiger partial charge in [0.05, 0.1) is 11.8 Å². The Morgan fingerprint density at radius 1 is 1.19 bits per heavy atom. The van der Waals surface area contributed by atoms with E-state index in [1.54, 1.807) is 6.33 Å². The zero-order valence-electron chi connectivity index (χ0n) is 15.2. The van der Waals surface area contributed by atoms with Crippen molar-refractivity contribution in [3.63, 3.8) is 0 Å².